The van der Waals surface area contributed by atoms with Crippen molar-refractivity contribution in [3.63, 3.8) is 0 Å². The monoisotopic (exact) mass is 715 g/mol. The quantitative estimate of drug-likeness (QED) is 0.0964. The Balaban J connectivity index is 0.00000276. The number of morpholine rings is 1. The Labute approximate surface area is 302 Å². The number of ether oxygens (including phenoxy) is 1. The van der Waals surface area contributed by atoms with Gasteiger partial charge in [0.2, 0.25) is 7.65 Å². The third-order valence-corrected chi connectivity index (χ3v) is 10.7. The van der Waals surface area contributed by atoms with E-state index in [4.69, 9.17) is 25.3 Å². The van der Waals surface area contributed by atoms with Gasteiger partial charge >= 0.3 is 0 Å². The lowest BCUT2D eigenvalue weighted by Gasteiger charge is -2.51. The molecule has 0 saturated carbocycles. The van der Waals surface area contributed by atoms with Crippen molar-refractivity contribution in [1.29, 1.82) is 0 Å². The van der Waals surface area contributed by atoms with Gasteiger partial charge in [0.1, 0.15) is 18.9 Å². The number of hydrogen-bond donors (Lipinski definition) is 1. The summed E-state index contributed by atoms with van der Waals surface area (Å²) in [4.78, 5) is 29.7. The molecule has 264 valence electrons. The van der Waals surface area contributed by atoms with Crippen LogP contribution < -0.4 is 5.32 Å². The molecule has 5 rings (SSSR count). The molecule has 3 unspecified atom stereocenters. The summed E-state index contributed by atoms with van der Waals surface area (Å²) < 4.78 is 14.8. The summed E-state index contributed by atoms with van der Waals surface area (Å²) >= 11 is 6.57. The fraction of sp³-hybridized carbons (Fsp3) is 0.308. The molecule has 0 aromatic heterocycles. The third kappa shape index (κ3) is 9.63. The number of aliphatic imine (C=N–C) groups is 1. The molecule has 0 radical (unpaired) electrons. The molecule has 1 amide bonds. The molecule has 3 atom stereocenters. The van der Waals surface area contributed by atoms with E-state index in [1.54, 1.807) is 7.05 Å². The van der Waals surface area contributed by atoms with Crippen LogP contribution in [-0.4, -0.2) is 93.2 Å². The summed E-state index contributed by atoms with van der Waals surface area (Å²) in [5.41, 5.74) is 3.48. The first kappa shape index (κ1) is 38.8. The number of hydrogen-bond acceptors (Lipinski definition) is 8. The lowest BCUT2D eigenvalue weighted by atomic mass is 9.75. The summed E-state index contributed by atoms with van der Waals surface area (Å²) in [7, 11) is 6.18. The summed E-state index contributed by atoms with van der Waals surface area (Å²) in [5.74, 6) is 0.290. The molecule has 3 aromatic carbocycles. The minimum Gasteiger partial charge on any atom is -0.354 e. The van der Waals surface area contributed by atoms with Crippen LogP contribution in [-0.2, 0) is 24.4 Å². The SMILES string of the molecule is C=O.CN=C(/C=C\N(C)C1CN(C(c2ccccc2)(c2ccccc2)c2ccccc2)CC(COP(Cl)N(C)C)O1)NC(=O)C1=CCCC=C1. The van der Waals surface area contributed by atoms with Crippen LogP contribution in [0.3, 0.4) is 0 Å². The van der Waals surface area contributed by atoms with Crippen molar-refractivity contribution in [3.05, 3.63) is 144 Å². The molecule has 1 fully saturated rings. The lowest BCUT2D eigenvalue weighted by molar-refractivity contribution is -0.156. The number of carbonyl (C=O) groups excluding carboxylic acids is 2. The Kier molecular flexibility index (Phi) is 15.1. The van der Waals surface area contributed by atoms with Crippen molar-refractivity contribution in [2.45, 2.75) is 30.7 Å². The minimum atomic E-state index is -1.29. The van der Waals surface area contributed by atoms with Gasteiger partial charge in [0.05, 0.1) is 18.2 Å². The highest BCUT2D eigenvalue weighted by atomic mass is 35.7. The standard InChI is InChI=1S/C38H45ClN5O3P.CH2O/c1-40-35(41-37(45)30-17-9-5-10-18-30)25-26-43(4)36-28-44(27-34(47-36)29-46-48(39)42(2)3)38(31-19-11-6-12-20-31,32-21-13-7-14-22-32)33-23-15-8-16-24-33;1-2/h6-9,11-26,34,36H,5,10,27-29H2,1-4H3,(H,40,41,45);1H2/b26-25-;. The zero-order chi connectivity index (χ0) is 35.9. The maximum Gasteiger partial charge on any atom is 0.256 e. The minimum absolute atomic E-state index is 0.173. The van der Waals surface area contributed by atoms with Gasteiger partial charge in [0.25, 0.3) is 5.91 Å². The van der Waals surface area contributed by atoms with Crippen LogP contribution >= 0.6 is 18.9 Å². The van der Waals surface area contributed by atoms with Gasteiger partial charge in [-0.3, -0.25) is 19.4 Å². The molecule has 11 heteroatoms. The van der Waals surface area contributed by atoms with E-state index in [1.807, 2.05) is 68.0 Å². The number of amides is 1. The second kappa shape index (κ2) is 19.4. The van der Waals surface area contributed by atoms with Crippen molar-refractivity contribution in [2.24, 2.45) is 4.99 Å². The van der Waals surface area contributed by atoms with Crippen molar-refractivity contribution in [3.8, 4) is 0 Å². The molecule has 1 aliphatic carbocycles. The van der Waals surface area contributed by atoms with E-state index in [-0.39, 0.29) is 18.2 Å². The van der Waals surface area contributed by atoms with Gasteiger partial charge in [-0.2, -0.15) is 0 Å². The largest absolute Gasteiger partial charge is 0.354 e. The first-order valence-electron chi connectivity index (χ1n) is 16.5. The number of benzene rings is 3. The van der Waals surface area contributed by atoms with Crippen molar-refractivity contribution >= 4 is 37.4 Å². The van der Waals surface area contributed by atoms with Crippen molar-refractivity contribution < 1.29 is 18.8 Å². The van der Waals surface area contributed by atoms with Crippen molar-refractivity contribution in [1.82, 2.24) is 19.8 Å². The molecular weight excluding hydrogens is 669 g/mol. The molecule has 9 nitrogen and oxygen atoms in total. The van der Waals surface area contributed by atoms with E-state index in [0.29, 0.717) is 31.1 Å². The molecule has 2 aliphatic rings. The number of nitrogens with zero attached hydrogens (tertiary/aromatic N) is 4. The average molecular weight is 716 g/mol. The van der Waals surface area contributed by atoms with Gasteiger partial charge in [-0.1, -0.05) is 109 Å². The number of rotatable bonds is 12. The normalized spacial score (nSPS) is 19.0. The third-order valence-electron chi connectivity index (χ3n) is 8.54. The fourth-order valence-electron chi connectivity index (χ4n) is 6.18. The molecule has 3 aromatic rings. The predicted octanol–water partition coefficient (Wildman–Crippen LogP) is 6.73. The zero-order valence-corrected chi connectivity index (χ0v) is 30.8. The Hall–Kier alpha value is -3.95. The van der Waals surface area contributed by atoms with Crippen LogP contribution in [0.5, 0.6) is 0 Å². The van der Waals surface area contributed by atoms with Gasteiger partial charge in [-0.05, 0) is 60.9 Å². The summed E-state index contributed by atoms with van der Waals surface area (Å²) in [6.07, 6.45) is 10.7. The van der Waals surface area contributed by atoms with Crippen LogP contribution in [0.1, 0.15) is 29.5 Å². The highest BCUT2D eigenvalue weighted by Gasteiger charge is 2.46. The Morgan fingerprint density at radius 2 is 1.54 bits per heavy atom. The molecule has 1 aliphatic heterocycles. The summed E-state index contributed by atoms with van der Waals surface area (Å²) in [6.45, 7) is 3.50. The summed E-state index contributed by atoms with van der Waals surface area (Å²) in [5, 5.41) is 2.93. The highest BCUT2D eigenvalue weighted by molar-refractivity contribution is 7.78. The van der Waals surface area contributed by atoms with Crippen LogP contribution in [0, 0.1) is 0 Å². The topological polar surface area (TPSA) is 86.7 Å². The number of halogens is 1. The van der Waals surface area contributed by atoms with E-state index < -0.39 is 13.2 Å². The van der Waals surface area contributed by atoms with Crippen LogP contribution in [0.25, 0.3) is 0 Å². The van der Waals surface area contributed by atoms with E-state index >= 15 is 0 Å². The van der Waals surface area contributed by atoms with Crippen LogP contribution in [0.15, 0.2) is 132 Å². The number of allylic oxidation sites excluding steroid dienone is 2. The van der Waals surface area contributed by atoms with Crippen molar-refractivity contribution in [2.75, 3.05) is 47.9 Å². The number of amidine groups is 1. The Bertz CT molecular complexity index is 1520. The van der Waals surface area contributed by atoms with E-state index in [1.165, 1.54) is 0 Å². The molecular formula is C39H47ClN5O4P. The van der Waals surface area contributed by atoms with Crippen LogP contribution in [0.4, 0.5) is 0 Å². The molecule has 1 N–H and O–H groups in total. The maximum atomic E-state index is 12.9. The van der Waals surface area contributed by atoms with E-state index in [0.717, 1.165) is 29.5 Å². The second-order valence-corrected chi connectivity index (χ2v) is 14.4. The number of carbonyl (C=O) groups is 2. The van der Waals surface area contributed by atoms with Gasteiger partial charge in [0.15, 0.2) is 0 Å². The van der Waals surface area contributed by atoms with Gasteiger partial charge < -0.3 is 24.3 Å². The maximum absolute atomic E-state index is 12.9. The summed E-state index contributed by atoms with van der Waals surface area (Å²) in [6, 6.07) is 32.0. The zero-order valence-electron chi connectivity index (χ0n) is 29.2. The van der Waals surface area contributed by atoms with Gasteiger partial charge in [-0.25, -0.2) is 0 Å². The molecule has 1 heterocycles. The fourth-order valence-corrected chi connectivity index (χ4v) is 6.87. The number of likely N-dealkylation sites (N-methyl/N-ethyl adjacent to an activating group) is 1. The first-order chi connectivity index (χ1) is 24.3. The van der Waals surface area contributed by atoms with E-state index in [9.17, 15) is 4.79 Å². The first-order valence-corrected chi connectivity index (χ1v) is 18.6. The predicted molar refractivity (Wildman–Crippen MR) is 204 cm³/mol. The van der Waals surface area contributed by atoms with E-state index in [2.05, 4.69) is 106 Å². The van der Waals surface area contributed by atoms with Gasteiger partial charge in [-0.15, -0.1) is 0 Å². The molecule has 0 spiro atoms. The average Bonchev–Trinajstić information content (AvgIpc) is 3.18. The number of nitrogens with one attached hydrogen (secondary N) is 1. The highest BCUT2D eigenvalue weighted by Crippen LogP contribution is 2.46. The molecule has 1 saturated heterocycles. The smallest absolute Gasteiger partial charge is 0.256 e. The molecule has 50 heavy (non-hydrogen) atoms. The van der Waals surface area contributed by atoms with Gasteiger partial charge in [0, 0.05) is 39.0 Å². The lowest BCUT2D eigenvalue weighted by Crippen LogP contribution is -2.60. The molecule has 0 bridgehead atoms. The Morgan fingerprint density at radius 1 is 0.980 bits per heavy atom. The van der Waals surface area contributed by atoms with Crippen LogP contribution in [0.2, 0.25) is 0 Å². The Morgan fingerprint density at radius 3 is 2.02 bits per heavy atom. The second-order valence-electron chi connectivity index (χ2n) is 12.0.